The number of aromatic nitrogens is 1. The Hall–Kier alpha value is -3.77. The molecule has 2 aromatic rings. The van der Waals surface area contributed by atoms with E-state index in [-0.39, 0.29) is 17.0 Å². The Morgan fingerprint density at radius 1 is 1.50 bits per heavy atom. The lowest BCUT2D eigenvalue weighted by atomic mass is 9.99. The maximum absolute atomic E-state index is 14.2. The molecule has 0 fully saturated rings. The molecule has 0 saturated carbocycles. The predicted octanol–water partition coefficient (Wildman–Crippen LogP) is 2.23. The Bertz CT molecular complexity index is 951. The number of carbonyl (C=O) groups is 1. The van der Waals surface area contributed by atoms with Gasteiger partial charge in [-0.2, -0.15) is 5.26 Å². The van der Waals surface area contributed by atoms with Crippen molar-refractivity contribution in [2.75, 3.05) is 11.9 Å². The lowest BCUT2D eigenvalue weighted by Crippen LogP contribution is -2.16. The molecule has 1 aromatic carbocycles. The highest BCUT2D eigenvalue weighted by Crippen LogP contribution is 2.25. The smallest absolute Gasteiger partial charge is 0.284 e. The van der Waals surface area contributed by atoms with Gasteiger partial charge in [-0.05, 0) is 42.0 Å². The molecule has 0 radical (unpaired) electrons. The van der Waals surface area contributed by atoms with Crippen LogP contribution in [-0.2, 0) is 4.74 Å². The Kier molecular flexibility index (Phi) is 6.79. The van der Waals surface area contributed by atoms with Crippen LogP contribution in [0.25, 0.3) is 0 Å². The first-order valence-corrected chi connectivity index (χ1v) is 8.14. The van der Waals surface area contributed by atoms with E-state index in [4.69, 9.17) is 21.1 Å². The average molecular weight is 383 g/mol. The molecule has 0 bridgehead atoms. The number of ether oxygens (including phenoxy) is 1. The summed E-state index contributed by atoms with van der Waals surface area (Å²) in [5.41, 5.74) is 6.14. The van der Waals surface area contributed by atoms with Crippen molar-refractivity contribution in [1.82, 2.24) is 4.98 Å². The number of allylic oxidation sites excluding steroid dienone is 1. The van der Waals surface area contributed by atoms with E-state index >= 15 is 0 Å². The molecule has 2 rings (SSSR count). The number of nitrogens with two attached hydrogens (primary N) is 1. The van der Waals surface area contributed by atoms with Gasteiger partial charge in [0.05, 0.1) is 5.56 Å². The number of rotatable bonds is 6. The summed E-state index contributed by atoms with van der Waals surface area (Å²) in [4.78, 5) is 16.2. The highest BCUT2D eigenvalue weighted by molar-refractivity contribution is 6.02. The quantitative estimate of drug-likeness (QED) is 0.342. The average Bonchev–Trinajstić information content (AvgIpc) is 2.68. The minimum atomic E-state index is -0.594. The van der Waals surface area contributed by atoms with Crippen LogP contribution in [0.2, 0.25) is 0 Å². The first kappa shape index (κ1) is 20.5. The number of aliphatic hydroxyl groups is 1. The Labute approximate surface area is 160 Å². The largest absolute Gasteiger partial charge is 0.429 e. The van der Waals surface area contributed by atoms with Crippen LogP contribution in [-0.4, -0.2) is 28.6 Å². The molecule has 0 aliphatic rings. The summed E-state index contributed by atoms with van der Waals surface area (Å²) in [5.74, 6) is -1.55. The maximum atomic E-state index is 14.2. The van der Waals surface area contributed by atoms with Gasteiger partial charge >= 0.3 is 0 Å². The Morgan fingerprint density at radius 3 is 2.82 bits per heavy atom. The summed E-state index contributed by atoms with van der Waals surface area (Å²) in [6, 6.07) is 8.24. The Morgan fingerprint density at radius 2 is 2.25 bits per heavy atom. The molecule has 5 N–H and O–H groups in total. The fraction of sp³-hybridized carbons (Fsp3) is 0.158. The van der Waals surface area contributed by atoms with E-state index in [0.717, 1.165) is 0 Å². The summed E-state index contributed by atoms with van der Waals surface area (Å²) < 4.78 is 19.1. The molecule has 8 nitrogen and oxygen atoms in total. The van der Waals surface area contributed by atoms with Crippen molar-refractivity contribution in [3.63, 3.8) is 0 Å². The number of pyridine rings is 1. The van der Waals surface area contributed by atoms with E-state index in [1.807, 2.05) is 6.07 Å². The number of amides is 1. The van der Waals surface area contributed by atoms with Gasteiger partial charge in [0.25, 0.3) is 11.9 Å². The topological polar surface area (TPSA) is 145 Å². The third kappa shape index (κ3) is 5.36. The summed E-state index contributed by atoms with van der Waals surface area (Å²) in [7, 11) is 0. The van der Waals surface area contributed by atoms with E-state index in [0.29, 0.717) is 11.3 Å². The van der Waals surface area contributed by atoms with Crippen LogP contribution in [0.5, 0.6) is 0 Å². The van der Waals surface area contributed by atoms with Gasteiger partial charge in [-0.3, -0.25) is 10.2 Å². The summed E-state index contributed by atoms with van der Waals surface area (Å²) in [6.45, 7) is 1.15. The van der Waals surface area contributed by atoms with Crippen LogP contribution in [0.1, 0.15) is 34.5 Å². The number of halogens is 1. The molecule has 9 heteroatoms. The van der Waals surface area contributed by atoms with Gasteiger partial charge < -0.3 is 20.9 Å². The molecule has 1 amide bonds. The predicted molar refractivity (Wildman–Crippen MR) is 99.9 cm³/mol. The fourth-order valence-electron chi connectivity index (χ4n) is 2.39. The molecule has 0 spiro atoms. The number of amidine groups is 1. The molecular weight excluding hydrogens is 365 g/mol. The number of hydrogen-bond donors (Lipinski definition) is 4. The number of carbonyl (C=O) groups excluding carboxylic acids is 1. The van der Waals surface area contributed by atoms with Crippen LogP contribution < -0.4 is 11.1 Å². The Balaban J connectivity index is 2.22. The first-order valence-electron chi connectivity index (χ1n) is 8.14. The van der Waals surface area contributed by atoms with Crippen molar-refractivity contribution >= 4 is 17.6 Å². The van der Waals surface area contributed by atoms with Gasteiger partial charge in [0.2, 0.25) is 0 Å². The highest BCUT2D eigenvalue weighted by Gasteiger charge is 2.14. The van der Waals surface area contributed by atoms with Crippen molar-refractivity contribution in [3.8, 4) is 6.07 Å². The zero-order valence-corrected chi connectivity index (χ0v) is 14.9. The van der Waals surface area contributed by atoms with Crippen molar-refractivity contribution < 1.29 is 19.0 Å². The number of nitriles is 1. The molecule has 1 heterocycles. The summed E-state index contributed by atoms with van der Waals surface area (Å²) in [5, 5.41) is 27.7. The van der Waals surface area contributed by atoms with Gasteiger partial charge in [-0.25, -0.2) is 9.37 Å². The molecule has 0 unspecified atom stereocenters. The van der Waals surface area contributed by atoms with Crippen LogP contribution in [0, 0.1) is 22.6 Å². The second-order valence-electron chi connectivity index (χ2n) is 5.78. The number of nitrogens with one attached hydrogen (secondary N) is 2. The zero-order chi connectivity index (χ0) is 20.7. The van der Waals surface area contributed by atoms with Crippen LogP contribution in [0.3, 0.4) is 0 Å². The monoisotopic (exact) mass is 383 g/mol. The van der Waals surface area contributed by atoms with Crippen molar-refractivity contribution in [3.05, 3.63) is 71.0 Å². The zero-order valence-electron chi connectivity index (χ0n) is 14.9. The van der Waals surface area contributed by atoms with Crippen LogP contribution in [0.15, 0.2) is 48.4 Å². The molecule has 0 aliphatic heterocycles. The minimum Gasteiger partial charge on any atom is -0.429 e. The minimum absolute atomic E-state index is 0.00983. The van der Waals surface area contributed by atoms with Gasteiger partial charge in [-0.15, -0.1) is 0 Å². The third-order valence-electron chi connectivity index (χ3n) is 3.70. The normalized spacial score (nSPS) is 12.0. The molecule has 1 aromatic heterocycles. The maximum Gasteiger partial charge on any atom is 0.284 e. The fourth-order valence-corrected chi connectivity index (χ4v) is 2.39. The van der Waals surface area contributed by atoms with Gasteiger partial charge in [0.1, 0.15) is 29.9 Å². The molecule has 144 valence electrons. The van der Waals surface area contributed by atoms with Gasteiger partial charge in [0.15, 0.2) is 0 Å². The second-order valence-corrected chi connectivity index (χ2v) is 5.78. The van der Waals surface area contributed by atoms with E-state index in [2.05, 4.69) is 10.3 Å². The number of hydrogen-bond acceptors (Lipinski definition) is 6. The van der Waals surface area contributed by atoms with Gasteiger partial charge in [0, 0.05) is 17.8 Å². The van der Waals surface area contributed by atoms with Crippen molar-refractivity contribution in [1.29, 1.82) is 10.7 Å². The number of anilines is 1. The van der Waals surface area contributed by atoms with Crippen LogP contribution >= 0.6 is 0 Å². The molecule has 1 atom stereocenters. The molecule has 0 aliphatic carbocycles. The van der Waals surface area contributed by atoms with Crippen molar-refractivity contribution in [2.45, 2.75) is 12.8 Å². The van der Waals surface area contributed by atoms with Crippen LogP contribution in [0.4, 0.5) is 10.1 Å². The summed E-state index contributed by atoms with van der Waals surface area (Å²) >= 11 is 0. The van der Waals surface area contributed by atoms with E-state index in [1.165, 1.54) is 42.6 Å². The van der Waals surface area contributed by atoms with E-state index < -0.39 is 30.3 Å². The third-order valence-corrected chi connectivity index (χ3v) is 3.70. The number of aliphatic hydroxyl groups excluding tert-OH is 1. The van der Waals surface area contributed by atoms with E-state index in [1.54, 1.807) is 6.92 Å². The van der Waals surface area contributed by atoms with E-state index in [9.17, 15) is 14.3 Å². The number of nitrogens with zero attached hydrogens (tertiary/aromatic N) is 2. The lowest BCUT2D eigenvalue weighted by Gasteiger charge is -2.13. The standard InChI is InChI=1S/C19H18FN5O3/c1-11(6-14(10-26)28-19(22)23)15-7-13(3-4-16(15)20)25-18(27)17-5-2-12(8-21)9-24-17/h2-7,9,11,26H,10H2,1H3,(H3,22,23)(H,25,27)/b14-6-/t11-/m1/s1. The van der Waals surface area contributed by atoms with Gasteiger partial charge in [-0.1, -0.05) is 6.92 Å². The second kappa shape index (κ2) is 9.25. The SMILES string of the molecule is C[C@H](/C=C(/CO)OC(=N)N)c1cc(NC(=O)c2ccc(C#N)cn2)ccc1F. The van der Waals surface area contributed by atoms with Crippen molar-refractivity contribution in [2.24, 2.45) is 5.73 Å². The first-order chi connectivity index (χ1) is 13.3. The lowest BCUT2D eigenvalue weighted by molar-refractivity contribution is 0.102. The highest BCUT2D eigenvalue weighted by atomic mass is 19.1. The summed E-state index contributed by atoms with van der Waals surface area (Å²) in [6.07, 6.45) is 2.71. The molecule has 0 saturated heterocycles. The molecular formula is C19H18FN5O3. The molecule has 28 heavy (non-hydrogen) atoms. The number of benzene rings is 1.